The molecule has 2 rings (SSSR count). The van der Waals surface area contributed by atoms with Crippen LogP contribution in [0.25, 0.3) is 0 Å². The Morgan fingerprint density at radius 2 is 2.33 bits per heavy atom. The van der Waals surface area contributed by atoms with Crippen LogP contribution in [0.1, 0.15) is 5.56 Å². The molecule has 0 aliphatic rings. The standard InChI is InChI=1S/C9H9BrN4O/c1-15-8-4-2-3-7(5-8)6-14-9(10)11-12-13-14/h2-5H,6H2,1H3. The van der Waals surface area contributed by atoms with E-state index in [0.29, 0.717) is 11.3 Å². The van der Waals surface area contributed by atoms with Gasteiger partial charge in [-0.3, -0.25) is 0 Å². The van der Waals surface area contributed by atoms with Gasteiger partial charge in [0, 0.05) is 0 Å². The van der Waals surface area contributed by atoms with Crippen molar-refractivity contribution in [3.8, 4) is 5.75 Å². The van der Waals surface area contributed by atoms with E-state index in [9.17, 15) is 0 Å². The molecule has 6 heteroatoms. The summed E-state index contributed by atoms with van der Waals surface area (Å²) >= 11 is 3.25. The van der Waals surface area contributed by atoms with E-state index in [1.54, 1.807) is 11.8 Å². The highest BCUT2D eigenvalue weighted by atomic mass is 79.9. The summed E-state index contributed by atoms with van der Waals surface area (Å²) in [7, 11) is 1.64. The molecule has 0 radical (unpaired) electrons. The van der Waals surface area contributed by atoms with Gasteiger partial charge in [-0.1, -0.05) is 12.1 Å². The van der Waals surface area contributed by atoms with Gasteiger partial charge in [0.25, 0.3) is 0 Å². The molecule has 0 fully saturated rings. The number of ether oxygens (including phenoxy) is 1. The van der Waals surface area contributed by atoms with Crippen molar-refractivity contribution >= 4 is 15.9 Å². The molecule has 1 aromatic carbocycles. The van der Waals surface area contributed by atoms with E-state index in [1.165, 1.54) is 0 Å². The van der Waals surface area contributed by atoms with E-state index in [0.717, 1.165) is 11.3 Å². The molecule has 0 atom stereocenters. The van der Waals surface area contributed by atoms with Gasteiger partial charge in [-0.15, -0.1) is 5.10 Å². The Morgan fingerprint density at radius 1 is 1.47 bits per heavy atom. The number of benzene rings is 1. The third-order valence-corrected chi connectivity index (χ3v) is 2.52. The minimum absolute atomic E-state index is 0.616. The van der Waals surface area contributed by atoms with Crippen LogP contribution in [0.3, 0.4) is 0 Å². The van der Waals surface area contributed by atoms with Crippen molar-refractivity contribution in [2.75, 3.05) is 7.11 Å². The number of tetrazole rings is 1. The summed E-state index contributed by atoms with van der Waals surface area (Å²) in [5, 5.41) is 11.1. The van der Waals surface area contributed by atoms with Crippen molar-refractivity contribution in [1.82, 2.24) is 20.2 Å². The monoisotopic (exact) mass is 268 g/mol. The molecule has 1 heterocycles. The predicted molar refractivity (Wildman–Crippen MR) is 57.6 cm³/mol. The second-order valence-corrected chi connectivity index (χ2v) is 3.67. The van der Waals surface area contributed by atoms with Crippen molar-refractivity contribution < 1.29 is 4.74 Å². The lowest BCUT2D eigenvalue weighted by molar-refractivity contribution is 0.414. The fraction of sp³-hybridized carbons (Fsp3) is 0.222. The predicted octanol–water partition coefficient (Wildman–Crippen LogP) is 1.49. The number of rotatable bonds is 3. The maximum atomic E-state index is 5.13. The fourth-order valence-electron chi connectivity index (χ4n) is 1.23. The van der Waals surface area contributed by atoms with E-state index in [-0.39, 0.29) is 0 Å². The molecule has 0 saturated carbocycles. The molecule has 78 valence electrons. The lowest BCUT2D eigenvalue weighted by Gasteiger charge is -2.04. The molecule has 0 saturated heterocycles. The third-order valence-electron chi connectivity index (χ3n) is 1.95. The van der Waals surface area contributed by atoms with E-state index >= 15 is 0 Å². The molecule has 0 spiro atoms. The Kier molecular flexibility index (Phi) is 2.96. The molecular formula is C9H9BrN4O. The summed E-state index contributed by atoms with van der Waals surface area (Å²) in [4.78, 5) is 0. The lowest BCUT2D eigenvalue weighted by atomic mass is 10.2. The number of nitrogens with zero attached hydrogens (tertiary/aromatic N) is 4. The van der Waals surface area contributed by atoms with Gasteiger partial charge >= 0.3 is 0 Å². The van der Waals surface area contributed by atoms with E-state index in [2.05, 4.69) is 31.5 Å². The SMILES string of the molecule is COc1cccc(Cn2nnnc2Br)c1. The van der Waals surface area contributed by atoms with Crippen LogP contribution in [-0.2, 0) is 6.54 Å². The van der Waals surface area contributed by atoms with E-state index in [4.69, 9.17) is 4.74 Å². The molecule has 0 amide bonds. The normalized spacial score (nSPS) is 10.3. The first kappa shape index (κ1) is 10.1. The number of methoxy groups -OCH3 is 1. The number of aromatic nitrogens is 4. The van der Waals surface area contributed by atoms with Gasteiger partial charge in [0.15, 0.2) is 0 Å². The van der Waals surface area contributed by atoms with Crippen molar-refractivity contribution in [2.24, 2.45) is 0 Å². The van der Waals surface area contributed by atoms with Crippen LogP contribution in [0, 0.1) is 0 Å². The van der Waals surface area contributed by atoms with Gasteiger partial charge in [0.05, 0.1) is 13.7 Å². The van der Waals surface area contributed by atoms with Crippen LogP contribution in [0.2, 0.25) is 0 Å². The first-order valence-electron chi connectivity index (χ1n) is 4.34. The summed E-state index contributed by atoms with van der Waals surface area (Å²) in [6.45, 7) is 0.616. The average molecular weight is 269 g/mol. The summed E-state index contributed by atoms with van der Waals surface area (Å²) in [5.74, 6) is 0.830. The summed E-state index contributed by atoms with van der Waals surface area (Å²) in [6.07, 6.45) is 0. The van der Waals surface area contributed by atoms with Crippen molar-refractivity contribution in [3.05, 3.63) is 34.6 Å². The molecular weight excluding hydrogens is 260 g/mol. The maximum absolute atomic E-state index is 5.13. The number of hydrogen-bond acceptors (Lipinski definition) is 4. The molecule has 0 aliphatic carbocycles. The fourth-order valence-corrected chi connectivity index (χ4v) is 1.50. The minimum atomic E-state index is 0.616. The lowest BCUT2D eigenvalue weighted by Crippen LogP contribution is -2.02. The largest absolute Gasteiger partial charge is 0.497 e. The Bertz CT molecular complexity index is 457. The highest BCUT2D eigenvalue weighted by Gasteiger charge is 2.03. The Labute approximate surface area is 95.2 Å². The summed E-state index contributed by atoms with van der Waals surface area (Å²) < 4.78 is 7.41. The van der Waals surface area contributed by atoms with E-state index in [1.807, 2.05) is 24.3 Å². The Hall–Kier alpha value is -1.43. The van der Waals surface area contributed by atoms with Crippen molar-refractivity contribution in [3.63, 3.8) is 0 Å². The third kappa shape index (κ3) is 2.33. The van der Waals surface area contributed by atoms with Crippen LogP contribution in [-0.4, -0.2) is 27.3 Å². The van der Waals surface area contributed by atoms with Crippen molar-refractivity contribution in [1.29, 1.82) is 0 Å². The molecule has 1 aromatic heterocycles. The first-order chi connectivity index (χ1) is 7.29. The molecule has 5 nitrogen and oxygen atoms in total. The molecule has 0 bridgehead atoms. The van der Waals surface area contributed by atoms with Gasteiger partial charge < -0.3 is 4.74 Å². The number of hydrogen-bond donors (Lipinski definition) is 0. The van der Waals surface area contributed by atoms with E-state index < -0.39 is 0 Å². The van der Waals surface area contributed by atoms with Crippen LogP contribution in [0.15, 0.2) is 29.0 Å². The van der Waals surface area contributed by atoms with Crippen LogP contribution in [0.4, 0.5) is 0 Å². The highest BCUT2D eigenvalue weighted by molar-refractivity contribution is 9.10. The Balaban J connectivity index is 2.21. The van der Waals surface area contributed by atoms with Gasteiger partial charge in [-0.2, -0.15) is 0 Å². The van der Waals surface area contributed by atoms with Crippen LogP contribution < -0.4 is 4.74 Å². The summed E-state index contributed by atoms with van der Waals surface area (Å²) in [6, 6.07) is 7.79. The molecule has 0 N–H and O–H groups in total. The second-order valence-electron chi connectivity index (χ2n) is 2.96. The second kappa shape index (κ2) is 4.39. The smallest absolute Gasteiger partial charge is 0.218 e. The zero-order valence-corrected chi connectivity index (χ0v) is 9.68. The molecule has 15 heavy (non-hydrogen) atoms. The first-order valence-corrected chi connectivity index (χ1v) is 5.13. The zero-order valence-electron chi connectivity index (χ0n) is 8.09. The van der Waals surface area contributed by atoms with Crippen LogP contribution >= 0.6 is 15.9 Å². The quantitative estimate of drug-likeness (QED) is 0.847. The topological polar surface area (TPSA) is 52.8 Å². The van der Waals surface area contributed by atoms with Gasteiger partial charge in [0.2, 0.25) is 4.73 Å². The summed E-state index contributed by atoms with van der Waals surface area (Å²) in [5.41, 5.74) is 1.09. The van der Waals surface area contributed by atoms with Gasteiger partial charge in [-0.05, 0) is 44.1 Å². The van der Waals surface area contributed by atoms with Crippen LogP contribution in [0.5, 0.6) is 5.75 Å². The average Bonchev–Trinajstić information content (AvgIpc) is 2.65. The van der Waals surface area contributed by atoms with Gasteiger partial charge in [-0.25, -0.2) is 4.68 Å². The zero-order chi connectivity index (χ0) is 10.7. The molecule has 0 unspecified atom stereocenters. The maximum Gasteiger partial charge on any atom is 0.218 e. The van der Waals surface area contributed by atoms with Gasteiger partial charge in [0.1, 0.15) is 5.75 Å². The Morgan fingerprint density at radius 3 is 3.00 bits per heavy atom. The highest BCUT2D eigenvalue weighted by Crippen LogP contribution is 2.14. The molecule has 2 aromatic rings. The van der Waals surface area contributed by atoms with Crippen molar-refractivity contribution in [2.45, 2.75) is 6.54 Å². The molecule has 0 aliphatic heterocycles. The minimum Gasteiger partial charge on any atom is -0.497 e. The number of halogens is 1.